The van der Waals surface area contributed by atoms with Gasteiger partial charge in [-0.15, -0.1) is 0 Å². The van der Waals surface area contributed by atoms with Crippen molar-refractivity contribution in [2.24, 2.45) is 0 Å². The van der Waals surface area contributed by atoms with Crippen LogP contribution in [0.1, 0.15) is 23.1 Å². The van der Waals surface area contributed by atoms with E-state index < -0.39 is 6.10 Å². The van der Waals surface area contributed by atoms with Gasteiger partial charge in [0.05, 0.1) is 0 Å². The molecule has 0 N–H and O–H groups in total. The average Bonchev–Trinajstić information content (AvgIpc) is 2.87. The Kier molecular flexibility index (Phi) is 6.19. The zero-order valence-corrected chi connectivity index (χ0v) is 19.9. The number of benzene rings is 2. The quantitative estimate of drug-likeness (QED) is 0.538. The molecule has 3 aromatic rings. The third kappa shape index (κ3) is 4.60. The second-order valence-electron chi connectivity index (χ2n) is 9.06. The number of fused-ring (bicyclic) bond motifs is 2. The zero-order chi connectivity index (χ0) is 24.5. The van der Waals surface area contributed by atoms with Crippen molar-refractivity contribution in [3.63, 3.8) is 0 Å². The van der Waals surface area contributed by atoms with Crippen LogP contribution in [-0.4, -0.2) is 60.5 Å². The maximum absolute atomic E-state index is 12.9. The summed E-state index contributed by atoms with van der Waals surface area (Å²) < 4.78 is 17.0. The number of ether oxygens (including phenoxy) is 2. The van der Waals surface area contributed by atoms with Crippen LogP contribution in [0.3, 0.4) is 0 Å². The zero-order valence-electron chi connectivity index (χ0n) is 19.9. The molecule has 182 valence electrons. The first-order chi connectivity index (χ1) is 16.9. The van der Waals surface area contributed by atoms with Crippen LogP contribution in [0.4, 0.5) is 0 Å². The van der Waals surface area contributed by atoms with E-state index in [0.717, 1.165) is 16.5 Å². The number of hydrogen-bond acceptors (Lipinski definition) is 6. The smallest absolute Gasteiger partial charge is 0.339 e. The fourth-order valence-corrected chi connectivity index (χ4v) is 4.70. The molecule has 0 radical (unpaired) electrons. The van der Waals surface area contributed by atoms with Gasteiger partial charge in [0.1, 0.15) is 12.2 Å². The lowest BCUT2D eigenvalue weighted by atomic mass is 10.0. The third-order valence-corrected chi connectivity index (χ3v) is 6.76. The lowest BCUT2D eigenvalue weighted by Gasteiger charge is -2.37. The molecule has 8 heteroatoms. The highest BCUT2D eigenvalue weighted by atomic mass is 16.6. The van der Waals surface area contributed by atoms with E-state index in [-0.39, 0.29) is 30.5 Å². The van der Waals surface area contributed by atoms with E-state index in [0.29, 0.717) is 55.2 Å². The highest BCUT2D eigenvalue weighted by Gasteiger charge is 2.33. The van der Waals surface area contributed by atoms with E-state index >= 15 is 0 Å². The molecule has 2 amide bonds. The summed E-state index contributed by atoms with van der Waals surface area (Å²) in [6.45, 7) is 5.77. The first-order valence-corrected chi connectivity index (χ1v) is 11.9. The van der Waals surface area contributed by atoms with Crippen molar-refractivity contribution in [2.75, 3.05) is 32.8 Å². The number of piperazine rings is 1. The van der Waals surface area contributed by atoms with Gasteiger partial charge in [-0.1, -0.05) is 24.3 Å². The van der Waals surface area contributed by atoms with E-state index in [2.05, 4.69) is 0 Å². The Balaban J connectivity index is 1.16. The van der Waals surface area contributed by atoms with Crippen molar-refractivity contribution < 1.29 is 23.5 Å². The van der Waals surface area contributed by atoms with Crippen LogP contribution >= 0.6 is 0 Å². The summed E-state index contributed by atoms with van der Waals surface area (Å²) in [5.41, 5.74) is 2.60. The minimum Gasteiger partial charge on any atom is -0.485 e. The Hall–Kier alpha value is -3.81. The summed E-state index contributed by atoms with van der Waals surface area (Å²) in [4.78, 5) is 41.8. The molecule has 3 heterocycles. The van der Waals surface area contributed by atoms with Gasteiger partial charge in [0.15, 0.2) is 11.5 Å². The lowest BCUT2D eigenvalue weighted by Crippen LogP contribution is -2.55. The SMILES string of the molecule is Cc1ccc2c(C)c(CCC(=O)N3CCN(C(=O)C4COc5ccccc5O4)CC3)c(=O)oc2c1. The molecular formula is C27H28N2O6. The summed E-state index contributed by atoms with van der Waals surface area (Å²) in [5.74, 6) is 1.03. The topological polar surface area (TPSA) is 89.3 Å². The molecule has 2 aliphatic rings. The minimum absolute atomic E-state index is 0.0360. The van der Waals surface area contributed by atoms with Gasteiger partial charge >= 0.3 is 5.63 Å². The normalized spacial score (nSPS) is 17.5. The Morgan fingerprint density at radius 3 is 2.46 bits per heavy atom. The van der Waals surface area contributed by atoms with Gasteiger partial charge in [0.25, 0.3) is 5.91 Å². The van der Waals surface area contributed by atoms with Crippen molar-refractivity contribution in [1.29, 1.82) is 0 Å². The molecule has 1 saturated heterocycles. The largest absolute Gasteiger partial charge is 0.485 e. The van der Waals surface area contributed by atoms with Crippen molar-refractivity contribution in [2.45, 2.75) is 32.8 Å². The number of aryl methyl sites for hydroxylation is 2. The second-order valence-corrected chi connectivity index (χ2v) is 9.06. The van der Waals surface area contributed by atoms with Gasteiger partial charge in [-0.25, -0.2) is 4.79 Å². The fraction of sp³-hybridized carbons (Fsp3) is 0.370. The third-order valence-electron chi connectivity index (χ3n) is 6.76. The summed E-state index contributed by atoms with van der Waals surface area (Å²) in [5, 5.41) is 0.890. The summed E-state index contributed by atoms with van der Waals surface area (Å²) >= 11 is 0. The summed E-state index contributed by atoms with van der Waals surface area (Å²) in [6.07, 6.45) is -0.151. The van der Waals surface area contributed by atoms with Gasteiger partial charge in [0, 0.05) is 43.5 Å². The van der Waals surface area contributed by atoms with Gasteiger partial charge in [-0.05, 0) is 49.6 Å². The first-order valence-electron chi connectivity index (χ1n) is 11.9. The maximum Gasteiger partial charge on any atom is 0.339 e. The molecule has 0 saturated carbocycles. The van der Waals surface area contributed by atoms with Crippen LogP contribution in [0, 0.1) is 13.8 Å². The Morgan fingerprint density at radius 1 is 0.971 bits per heavy atom. The maximum atomic E-state index is 12.9. The minimum atomic E-state index is -0.689. The molecular weight excluding hydrogens is 448 g/mol. The molecule has 2 aliphatic heterocycles. The molecule has 1 aromatic heterocycles. The second kappa shape index (κ2) is 9.44. The molecule has 0 spiro atoms. The molecule has 2 aromatic carbocycles. The number of rotatable bonds is 4. The summed E-state index contributed by atoms with van der Waals surface area (Å²) in [7, 11) is 0. The van der Waals surface area contributed by atoms with Crippen molar-refractivity contribution in [3.8, 4) is 11.5 Å². The molecule has 1 unspecified atom stereocenters. The van der Waals surface area contributed by atoms with E-state index in [4.69, 9.17) is 13.9 Å². The average molecular weight is 477 g/mol. The molecule has 5 rings (SSSR count). The predicted octanol–water partition coefficient (Wildman–Crippen LogP) is 2.85. The Bertz CT molecular complexity index is 1340. The molecule has 1 atom stereocenters. The summed E-state index contributed by atoms with van der Waals surface area (Å²) in [6, 6.07) is 13.1. The van der Waals surface area contributed by atoms with Crippen molar-refractivity contribution >= 4 is 22.8 Å². The van der Waals surface area contributed by atoms with E-state index in [1.54, 1.807) is 15.9 Å². The first kappa shape index (κ1) is 23.0. The molecule has 0 bridgehead atoms. The number of carbonyl (C=O) groups is 2. The Morgan fingerprint density at radius 2 is 1.69 bits per heavy atom. The predicted molar refractivity (Wildman–Crippen MR) is 130 cm³/mol. The lowest BCUT2D eigenvalue weighted by molar-refractivity contribution is -0.146. The van der Waals surface area contributed by atoms with Gasteiger partial charge < -0.3 is 23.7 Å². The highest BCUT2D eigenvalue weighted by Crippen LogP contribution is 2.31. The number of carbonyl (C=O) groups excluding carboxylic acids is 2. The van der Waals surface area contributed by atoms with Crippen LogP contribution in [-0.2, 0) is 16.0 Å². The van der Waals surface area contributed by atoms with Crippen molar-refractivity contribution in [3.05, 3.63) is 69.6 Å². The number of nitrogens with zero attached hydrogens (tertiary/aromatic N) is 2. The monoisotopic (exact) mass is 476 g/mol. The standard InChI is InChI=1S/C27H28N2O6/c1-17-7-8-19-18(2)20(27(32)35-23(19)15-17)9-10-25(30)28-11-13-29(14-12-28)26(31)24-16-33-21-5-3-4-6-22(21)34-24/h3-8,15,24H,9-14,16H2,1-2H3. The van der Waals surface area contributed by atoms with Crippen LogP contribution in [0.2, 0.25) is 0 Å². The molecule has 35 heavy (non-hydrogen) atoms. The fourth-order valence-electron chi connectivity index (χ4n) is 4.70. The molecule has 1 fully saturated rings. The van der Waals surface area contributed by atoms with Gasteiger partial charge in [-0.2, -0.15) is 0 Å². The Labute approximate surface area is 203 Å². The van der Waals surface area contributed by atoms with E-state index in [1.165, 1.54) is 0 Å². The van der Waals surface area contributed by atoms with Gasteiger partial charge in [-0.3, -0.25) is 9.59 Å². The van der Waals surface area contributed by atoms with Gasteiger partial charge in [0.2, 0.25) is 12.0 Å². The van der Waals surface area contributed by atoms with Crippen LogP contribution in [0.25, 0.3) is 11.0 Å². The number of hydrogen-bond donors (Lipinski definition) is 0. The number of para-hydroxylation sites is 2. The number of amides is 2. The van der Waals surface area contributed by atoms with E-state index in [9.17, 15) is 14.4 Å². The van der Waals surface area contributed by atoms with Crippen molar-refractivity contribution in [1.82, 2.24) is 9.80 Å². The van der Waals surface area contributed by atoms with Crippen LogP contribution in [0.5, 0.6) is 11.5 Å². The van der Waals surface area contributed by atoms with Crippen LogP contribution in [0.15, 0.2) is 51.7 Å². The van der Waals surface area contributed by atoms with Crippen LogP contribution < -0.4 is 15.1 Å². The molecule has 8 nitrogen and oxygen atoms in total. The highest BCUT2D eigenvalue weighted by molar-refractivity contribution is 5.83. The molecule has 0 aliphatic carbocycles. The van der Waals surface area contributed by atoms with E-state index in [1.807, 2.05) is 50.2 Å².